The van der Waals surface area contributed by atoms with Gasteiger partial charge in [0.1, 0.15) is 18.6 Å². The zero-order chi connectivity index (χ0) is 9.26. The van der Waals surface area contributed by atoms with E-state index in [0.717, 1.165) is 5.76 Å². The Kier molecular flexibility index (Phi) is 2.13. The van der Waals surface area contributed by atoms with Gasteiger partial charge in [-0.05, 0) is 22.9 Å². The van der Waals surface area contributed by atoms with E-state index in [9.17, 15) is 0 Å². The lowest BCUT2D eigenvalue weighted by Crippen LogP contribution is -1.99. The number of aromatic nitrogens is 4. The first-order valence-electron chi connectivity index (χ1n) is 3.70. The van der Waals surface area contributed by atoms with E-state index in [0.29, 0.717) is 17.2 Å². The molecule has 0 spiro atoms. The van der Waals surface area contributed by atoms with E-state index < -0.39 is 0 Å². The van der Waals surface area contributed by atoms with Gasteiger partial charge in [0.25, 0.3) is 0 Å². The summed E-state index contributed by atoms with van der Waals surface area (Å²) in [6.07, 6.45) is 3.30. The molecule has 2 heterocycles. The molecule has 13 heavy (non-hydrogen) atoms. The minimum atomic E-state index is 0.506. The lowest BCUT2D eigenvalue weighted by molar-refractivity contribution is 0.446. The molecule has 0 saturated heterocycles. The van der Waals surface area contributed by atoms with Crippen LogP contribution in [0.25, 0.3) is 0 Å². The maximum Gasteiger partial charge on any atom is 0.217 e. The third kappa shape index (κ3) is 1.95. The largest absolute Gasteiger partial charge is 0.444 e. The molecule has 0 aliphatic heterocycles. The molecular formula is C7H7BrN4O. The number of oxazole rings is 1. The highest BCUT2D eigenvalue weighted by atomic mass is 79.9. The lowest BCUT2D eigenvalue weighted by atomic mass is 10.6. The Labute approximate surface area is 82.9 Å². The van der Waals surface area contributed by atoms with Crippen molar-refractivity contribution in [2.45, 2.75) is 13.5 Å². The van der Waals surface area contributed by atoms with Gasteiger partial charge in [-0.3, -0.25) is 0 Å². The average Bonchev–Trinajstić information content (AvgIpc) is 2.62. The maximum atomic E-state index is 5.28. The predicted octanol–water partition coefficient (Wildman–Crippen LogP) is 1.39. The Morgan fingerprint density at radius 2 is 2.38 bits per heavy atom. The fourth-order valence-electron chi connectivity index (χ4n) is 0.961. The molecule has 0 atom stereocenters. The topological polar surface area (TPSA) is 56.7 Å². The Balaban J connectivity index is 2.14. The van der Waals surface area contributed by atoms with Crippen LogP contribution in [0.4, 0.5) is 0 Å². The van der Waals surface area contributed by atoms with E-state index in [2.05, 4.69) is 31.0 Å². The van der Waals surface area contributed by atoms with Gasteiger partial charge in [0.05, 0.1) is 6.20 Å². The molecule has 68 valence electrons. The minimum absolute atomic E-state index is 0.506. The molecule has 0 amide bonds. The summed E-state index contributed by atoms with van der Waals surface area (Å²) in [5.41, 5.74) is 0. The van der Waals surface area contributed by atoms with Gasteiger partial charge < -0.3 is 4.42 Å². The van der Waals surface area contributed by atoms with Crippen molar-refractivity contribution in [1.82, 2.24) is 19.7 Å². The van der Waals surface area contributed by atoms with Gasteiger partial charge in [0.15, 0.2) is 0 Å². The summed E-state index contributed by atoms with van der Waals surface area (Å²) < 4.78 is 7.50. The Morgan fingerprint density at radius 1 is 1.54 bits per heavy atom. The fourth-order valence-corrected chi connectivity index (χ4v) is 1.26. The molecule has 2 rings (SSSR count). The molecule has 0 radical (unpaired) electrons. The zero-order valence-corrected chi connectivity index (χ0v) is 8.52. The highest BCUT2D eigenvalue weighted by Crippen LogP contribution is 2.04. The van der Waals surface area contributed by atoms with Crippen LogP contribution < -0.4 is 0 Å². The molecule has 0 saturated carbocycles. The smallest absolute Gasteiger partial charge is 0.217 e. The van der Waals surface area contributed by atoms with Crippen LogP contribution in [0.15, 0.2) is 21.7 Å². The molecule has 5 nitrogen and oxygen atoms in total. The summed E-state index contributed by atoms with van der Waals surface area (Å²) in [5.74, 6) is 1.43. The van der Waals surface area contributed by atoms with Crippen molar-refractivity contribution in [2.24, 2.45) is 0 Å². The van der Waals surface area contributed by atoms with Crippen molar-refractivity contribution in [1.29, 1.82) is 0 Å². The van der Waals surface area contributed by atoms with Crippen LogP contribution in [0.1, 0.15) is 11.7 Å². The molecule has 0 aliphatic carbocycles. The van der Waals surface area contributed by atoms with Crippen LogP contribution in [-0.4, -0.2) is 19.7 Å². The van der Waals surface area contributed by atoms with Crippen molar-refractivity contribution < 1.29 is 4.42 Å². The molecule has 0 aromatic carbocycles. The second-order valence-corrected chi connectivity index (χ2v) is 3.29. The van der Waals surface area contributed by atoms with Gasteiger partial charge in [-0.25, -0.2) is 14.6 Å². The monoisotopic (exact) mass is 242 g/mol. The van der Waals surface area contributed by atoms with Crippen molar-refractivity contribution in [3.63, 3.8) is 0 Å². The molecule has 0 bridgehead atoms. The van der Waals surface area contributed by atoms with Crippen molar-refractivity contribution in [3.8, 4) is 0 Å². The summed E-state index contributed by atoms with van der Waals surface area (Å²) in [6.45, 7) is 2.36. The van der Waals surface area contributed by atoms with E-state index in [-0.39, 0.29) is 0 Å². The van der Waals surface area contributed by atoms with Gasteiger partial charge in [-0.15, -0.1) is 5.10 Å². The quantitative estimate of drug-likeness (QED) is 0.799. The SMILES string of the molecule is Cc1cnc(Cn2cnc(Br)n2)o1. The van der Waals surface area contributed by atoms with Gasteiger partial charge in [0.2, 0.25) is 10.6 Å². The van der Waals surface area contributed by atoms with E-state index in [1.165, 1.54) is 0 Å². The number of rotatable bonds is 2. The predicted molar refractivity (Wildman–Crippen MR) is 48.1 cm³/mol. The van der Waals surface area contributed by atoms with Crippen molar-refractivity contribution >= 4 is 15.9 Å². The van der Waals surface area contributed by atoms with Gasteiger partial charge in [-0.2, -0.15) is 0 Å². The first-order chi connectivity index (χ1) is 6.24. The summed E-state index contributed by atoms with van der Waals surface area (Å²) in [6, 6.07) is 0. The molecule has 0 fully saturated rings. The highest BCUT2D eigenvalue weighted by Gasteiger charge is 2.03. The molecule has 0 unspecified atom stereocenters. The number of hydrogen-bond acceptors (Lipinski definition) is 4. The number of hydrogen-bond donors (Lipinski definition) is 0. The third-order valence-electron chi connectivity index (χ3n) is 1.47. The van der Waals surface area contributed by atoms with Crippen molar-refractivity contribution in [2.75, 3.05) is 0 Å². The van der Waals surface area contributed by atoms with Gasteiger partial charge in [0, 0.05) is 0 Å². The number of halogens is 1. The minimum Gasteiger partial charge on any atom is -0.444 e. The van der Waals surface area contributed by atoms with Crippen LogP contribution in [0.3, 0.4) is 0 Å². The number of aryl methyl sites for hydroxylation is 1. The standard InChI is InChI=1S/C7H7BrN4O/c1-5-2-9-6(13-5)3-12-4-10-7(8)11-12/h2,4H,3H2,1H3. The fraction of sp³-hybridized carbons (Fsp3) is 0.286. The van der Waals surface area contributed by atoms with E-state index in [4.69, 9.17) is 4.42 Å². The van der Waals surface area contributed by atoms with Crippen LogP contribution in [0.2, 0.25) is 0 Å². The van der Waals surface area contributed by atoms with Gasteiger partial charge in [-0.1, -0.05) is 0 Å². The lowest BCUT2D eigenvalue weighted by Gasteiger charge is -1.93. The van der Waals surface area contributed by atoms with Crippen LogP contribution in [0.5, 0.6) is 0 Å². The maximum absolute atomic E-state index is 5.28. The van der Waals surface area contributed by atoms with E-state index in [1.54, 1.807) is 17.2 Å². The summed E-state index contributed by atoms with van der Waals surface area (Å²) in [5, 5.41) is 4.04. The first-order valence-corrected chi connectivity index (χ1v) is 4.49. The zero-order valence-electron chi connectivity index (χ0n) is 6.94. The normalized spacial score (nSPS) is 10.6. The summed E-state index contributed by atoms with van der Waals surface area (Å²) in [4.78, 5) is 7.97. The second kappa shape index (κ2) is 3.29. The first kappa shape index (κ1) is 8.43. The average molecular weight is 243 g/mol. The van der Waals surface area contributed by atoms with E-state index >= 15 is 0 Å². The highest BCUT2D eigenvalue weighted by molar-refractivity contribution is 9.10. The summed E-state index contributed by atoms with van der Waals surface area (Å²) in [7, 11) is 0. The second-order valence-electron chi connectivity index (χ2n) is 2.58. The molecule has 0 aliphatic rings. The number of nitrogens with zero attached hydrogens (tertiary/aromatic N) is 4. The van der Waals surface area contributed by atoms with Crippen LogP contribution in [-0.2, 0) is 6.54 Å². The molecular weight excluding hydrogens is 236 g/mol. The van der Waals surface area contributed by atoms with Crippen LogP contribution >= 0.6 is 15.9 Å². The Morgan fingerprint density at radius 3 is 2.92 bits per heavy atom. The Bertz CT molecular complexity index is 370. The van der Waals surface area contributed by atoms with Crippen LogP contribution in [0, 0.1) is 6.92 Å². The van der Waals surface area contributed by atoms with Gasteiger partial charge >= 0.3 is 0 Å². The molecule has 2 aromatic heterocycles. The molecule has 0 N–H and O–H groups in total. The van der Waals surface area contributed by atoms with E-state index in [1.807, 2.05) is 6.92 Å². The Hall–Kier alpha value is -1.17. The summed E-state index contributed by atoms with van der Waals surface area (Å²) >= 11 is 3.16. The molecule has 6 heteroatoms. The molecule has 2 aromatic rings. The third-order valence-corrected chi connectivity index (χ3v) is 1.84. The van der Waals surface area contributed by atoms with Crippen molar-refractivity contribution in [3.05, 3.63) is 28.9 Å².